The van der Waals surface area contributed by atoms with Crippen molar-refractivity contribution in [3.05, 3.63) is 28.8 Å². The fraction of sp³-hybridized carbons (Fsp3) is 0.600. The van der Waals surface area contributed by atoms with Crippen molar-refractivity contribution in [3.8, 4) is 5.75 Å². The lowest BCUT2D eigenvalue weighted by molar-refractivity contribution is 0.140. The maximum atomic E-state index is 6.04. The Labute approximate surface area is 109 Å². The molecule has 2 atom stereocenters. The number of hydrogen-bond acceptors (Lipinski definition) is 3. The highest BCUT2D eigenvalue weighted by Gasteiger charge is 2.19. The molecular weight excluding hydrogens is 226 g/mol. The molecule has 1 aliphatic heterocycles. The van der Waals surface area contributed by atoms with E-state index in [1.54, 1.807) is 0 Å². The first-order valence-corrected chi connectivity index (χ1v) is 6.66. The summed E-state index contributed by atoms with van der Waals surface area (Å²) in [6.45, 7) is 7.75. The molecule has 1 saturated heterocycles. The Morgan fingerprint density at radius 2 is 2.06 bits per heavy atom. The Bertz CT molecular complexity index is 386. The van der Waals surface area contributed by atoms with E-state index >= 15 is 0 Å². The van der Waals surface area contributed by atoms with Crippen LogP contribution >= 0.6 is 0 Å². The third-order valence-electron chi connectivity index (χ3n) is 3.25. The van der Waals surface area contributed by atoms with Gasteiger partial charge in [-0.05, 0) is 43.9 Å². The van der Waals surface area contributed by atoms with E-state index in [0.29, 0.717) is 6.61 Å². The van der Waals surface area contributed by atoms with Crippen molar-refractivity contribution < 1.29 is 9.47 Å². The van der Waals surface area contributed by atoms with E-state index in [1.807, 2.05) is 6.92 Å². The molecule has 100 valence electrons. The average Bonchev–Trinajstić information content (AvgIpc) is 2.75. The fourth-order valence-corrected chi connectivity index (χ4v) is 2.49. The summed E-state index contributed by atoms with van der Waals surface area (Å²) in [7, 11) is 0. The molecule has 2 rings (SSSR count). The lowest BCUT2D eigenvalue weighted by Gasteiger charge is -2.18. The second kappa shape index (κ2) is 5.72. The van der Waals surface area contributed by atoms with Gasteiger partial charge >= 0.3 is 0 Å². The van der Waals surface area contributed by atoms with Crippen LogP contribution in [0.4, 0.5) is 0 Å². The van der Waals surface area contributed by atoms with Crippen LogP contribution in [0.15, 0.2) is 12.1 Å². The van der Waals surface area contributed by atoms with Crippen LogP contribution in [0.3, 0.4) is 0 Å². The summed E-state index contributed by atoms with van der Waals surface area (Å²) in [6, 6.07) is 4.56. The zero-order chi connectivity index (χ0) is 13.1. The van der Waals surface area contributed by atoms with Gasteiger partial charge in [0.2, 0.25) is 0 Å². The first-order valence-electron chi connectivity index (χ1n) is 6.66. The SMILES string of the molecule is Cc1cc(CC(C)N)cc(C)c1OC1CCOC1. The normalized spacial score (nSPS) is 21.0. The molecule has 0 saturated carbocycles. The molecule has 0 amide bonds. The lowest BCUT2D eigenvalue weighted by atomic mass is 10.0. The van der Waals surface area contributed by atoms with Gasteiger partial charge in [0.1, 0.15) is 11.9 Å². The predicted molar refractivity (Wildman–Crippen MR) is 73.1 cm³/mol. The molecule has 1 aliphatic rings. The minimum atomic E-state index is 0.193. The first kappa shape index (κ1) is 13.4. The van der Waals surface area contributed by atoms with Crippen molar-refractivity contribution in [2.75, 3.05) is 13.2 Å². The van der Waals surface area contributed by atoms with E-state index < -0.39 is 0 Å². The van der Waals surface area contributed by atoms with Crippen LogP contribution in [-0.4, -0.2) is 25.4 Å². The molecule has 2 unspecified atom stereocenters. The van der Waals surface area contributed by atoms with Crippen molar-refractivity contribution >= 4 is 0 Å². The van der Waals surface area contributed by atoms with Crippen LogP contribution in [-0.2, 0) is 11.2 Å². The number of nitrogens with two attached hydrogens (primary N) is 1. The minimum Gasteiger partial charge on any atom is -0.487 e. The molecule has 0 spiro atoms. The van der Waals surface area contributed by atoms with Crippen LogP contribution < -0.4 is 10.5 Å². The average molecular weight is 249 g/mol. The standard InChI is InChI=1S/C15H23NO2/c1-10-6-13(8-12(3)16)7-11(2)15(10)18-14-4-5-17-9-14/h6-7,12,14H,4-5,8-9,16H2,1-3H3. The molecule has 0 bridgehead atoms. The van der Waals surface area contributed by atoms with E-state index in [9.17, 15) is 0 Å². The third-order valence-corrected chi connectivity index (χ3v) is 3.25. The van der Waals surface area contributed by atoms with Gasteiger partial charge in [0.15, 0.2) is 0 Å². The molecule has 3 heteroatoms. The Kier molecular flexibility index (Phi) is 4.25. The molecule has 1 heterocycles. The topological polar surface area (TPSA) is 44.5 Å². The van der Waals surface area contributed by atoms with Crippen LogP contribution in [0.2, 0.25) is 0 Å². The maximum Gasteiger partial charge on any atom is 0.125 e. The summed E-state index contributed by atoms with van der Waals surface area (Å²) >= 11 is 0. The Balaban J connectivity index is 2.15. The summed E-state index contributed by atoms with van der Waals surface area (Å²) in [4.78, 5) is 0. The van der Waals surface area contributed by atoms with Gasteiger partial charge in [0, 0.05) is 12.5 Å². The second-order valence-corrected chi connectivity index (χ2v) is 5.34. The highest BCUT2D eigenvalue weighted by molar-refractivity contribution is 5.43. The Morgan fingerprint density at radius 3 is 2.56 bits per heavy atom. The molecule has 0 radical (unpaired) electrons. The van der Waals surface area contributed by atoms with Crippen molar-refractivity contribution in [3.63, 3.8) is 0 Å². The highest BCUT2D eigenvalue weighted by atomic mass is 16.5. The largest absolute Gasteiger partial charge is 0.487 e. The van der Waals surface area contributed by atoms with Crippen molar-refractivity contribution in [1.29, 1.82) is 0 Å². The van der Waals surface area contributed by atoms with Gasteiger partial charge in [0.05, 0.1) is 13.2 Å². The summed E-state index contributed by atoms with van der Waals surface area (Å²) in [5, 5.41) is 0. The van der Waals surface area contributed by atoms with Gasteiger partial charge in [-0.1, -0.05) is 12.1 Å². The van der Waals surface area contributed by atoms with Crippen LogP contribution in [0.1, 0.15) is 30.0 Å². The zero-order valence-electron chi connectivity index (χ0n) is 11.5. The highest BCUT2D eigenvalue weighted by Crippen LogP contribution is 2.27. The summed E-state index contributed by atoms with van der Waals surface area (Å²) in [5.74, 6) is 1.01. The van der Waals surface area contributed by atoms with E-state index in [0.717, 1.165) is 25.2 Å². The second-order valence-electron chi connectivity index (χ2n) is 5.34. The summed E-state index contributed by atoms with van der Waals surface area (Å²) in [6.07, 6.45) is 2.11. The number of rotatable bonds is 4. The van der Waals surface area contributed by atoms with Crippen LogP contribution in [0, 0.1) is 13.8 Å². The van der Waals surface area contributed by atoms with Crippen molar-refractivity contribution in [2.24, 2.45) is 5.73 Å². The van der Waals surface area contributed by atoms with Crippen LogP contribution in [0.25, 0.3) is 0 Å². The van der Waals surface area contributed by atoms with Gasteiger partial charge < -0.3 is 15.2 Å². The Morgan fingerprint density at radius 1 is 1.39 bits per heavy atom. The smallest absolute Gasteiger partial charge is 0.125 e. The molecule has 2 N–H and O–H groups in total. The van der Waals surface area contributed by atoms with Crippen LogP contribution in [0.5, 0.6) is 5.75 Å². The van der Waals surface area contributed by atoms with E-state index in [-0.39, 0.29) is 12.1 Å². The predicted octanol–water partition coefficient (Wildman–Crippen LogP) is 2.36. The number of benzene rings is 1. The number of ether oxygens (including phenoxy) is 2. The Hall–Kier alpha value is -1.06. The number of aryl methyl sites for hydroxylation is 2. The fourth-order valence-electron chi connectivity index (χ4n) is 2.49. The zero-order valence-corrected chi connectivity index (χ0v) is 11.5. The molecule has 0 aliphatic carbocycles. The van der Waals surface area contributed by atoms with Crippen molar-refractivity contribution in [2.45, 2.75) is 45.8 Å². The monoisotopic (exact) mass is 249 g/mol. The molecule has 18 heavy (non-hydrogen) atoms. The lowest BCUT2D eigenvalue weighted by Crippen LogP contribution is -2.19. The van der Waals surface area contributed by atoms with E-state index in [2.05, 4.69) is 26.0 Å². The molecule has 1 fully saturated rings. The van der Waals surface area contributed by atoms with Gasteiger partial charge in [-0.2, -0.15) is 0 Å². The van der Waals surface area contributed by atoms with Crippen molar-refractivity contribution in [1.82, 2.24) is 0 Å². The van der Waals surface area contributed by atoms with Gasteiger partial charge in [-0.3, -0.25) is 0 Å². The third kappa shape index (κ3) is 3.24. The van der Waals surface area contributed by atoms with Gasteiger partial charge in [0.25, 0.3) is 0 Å². The van der Waals surface area contributed by atoms with E-state index in [1.165, 1.54) is 16.7 Å². The summed E-state index contributed by atoms with van der Waals surface area (Å²) in [5.41, 5.74) is 9.52. The first-order chi connectivity index (χ1) is 8.56. The molecule has 1 aromatic rings. The van der Waals surface area contributed by atoms with Gasteiger partial charge in [-0.25, -0.2) is 0 Å². The van der Waals surface area contributed by atoms with Gasteiger partial charge in [-0.15, -0.1) is 0 Å². The molecule has 1 aromatic carbocycles. The molecule has 0 aromatic heterocycles. The minimum absolute atomic E-state index is 0.193. The maximum absolute atomic E-state index is 6.04. The number of hydrogen-bond donors (Lipinski definition) is 1. The summed E-state index contributed by atoms with van der Waals surface area (Å²) < 4.78 is 11.4. The molecular formula is C15H23NO2. The molecule has 3 nitrogen and oxygen atoms in total. The quantitative estimate of drug-likeness (QED) is 0.891. The van der Waals surface area contributed by atoms with E-state index in [4.69, 9.17) is 15.2 Å².